The number of rotatable bonds is 2. The second kappa shape index (κ2) is 3.67. The molecule has 1 aliphatic heterocycles. The maximum absolute atomic E-state index is 5.89. The number of ether oxygens (including phenoxy) is 1. The van der Waals surface area contributed by atoms with E-state index >= 15 is 0 Å². The van der Waals surface area contributed by atoms with Gasteiger partial charge in [0.1, 0.15) is 5.75 Å². The smallest absolute Gasteiger partial charge is 0.122 e. The van der Waals surface area contributed by atoms with Crippen LogP contribution in [-0.2, 0) is 0 Å². The lowest BCUT2D eigenvalue weighted by molar-refractivity contribution is 0.330. The molecule has 2 rings (SSSR count). The Morgan fingerprint density at radius 3 is 2.67 bits per heavy atom. The van der Waals surface area contributed by atoms with Gasteiger partial charge in [-0.25, -0.2) is 0 Å². The summed E-state index contributed by atoms with van der Waals surface area (Å²) in [5.74, 6) is 1.83. The van der Waals surface area contributed by atoms with E-state index < -0.39 is 8.07 Å². The van der Waals surface area contributed by atoms with E-state index in [1.807, 2.05) is 0 Å². The third-order valence-corrected chi connectivity index (χ3v) is 5.22. The van der Waals surface area contributed by atoms with Gasteiger partial charge in [-0.05, 0) is 11.6 Å². The van der Waals surface area contributed by atoms with Crippen molar-refractivity contribution in [3.8, 4) is 5.75 Å². The normalized spacial score (nSPS) is 19.9. The van der Waals surface area contributed by atoms with E-state index in [0.29, 0.717) is 5.92 Å². The summed E-state index contributed by atoms with van der Waals surface area (Å²) in [6, 6.07) is 6.69. The SMILES string of the molecule is CC[C@H]1COc2c1cccc2[Si](C)(C)C. The standard InChI is InChI=1S/C13H20OSi/c1-5-10-9-14-13-11(10)7-6-8-12(13)15(2,3)4/h6-8,10H,5,9H2,1-4H3/t10-/m0/s1. The summed E-state index contributed by atoms with van der Waals surface area (Å²) in [4.78, 5) is 0. The first kappa shape index (κ1) is 10.7. The van der Waals surface area contributed by atoms with Crippen LogP contribution in [0.3, 0.4) is 0 Å². The predicted molar refractivity (Wildman–Crippen MR) is 67.9 cm³/mol. The van der Waals surface area contributed by atoms with E-state index in [0.717, 1.165) is 6.61 Å². The molecule has 1 heterocycles. The molecular formula is C13H20OSi. The molecule has 0 radical (unpaired) electrons. The Balaban J connectivity index is 2.49. The highest BCUT2D eigenvalue weighted by molar-refractivity contribution is 6.89. The quantitative estimate of drug-likeness (QED) is 0.696. The topological polar surface area (TPSA) is 9.23 Å². The van der Waals surface area contributed by atoms with Gasteiger partial charge in [-0.2, -0.15) is 0 Å². The molecule has 1 aromatic rings. The molecule has 0 saturated heterocycles. The van der Waals surface area contributed by atoms with E-state index in [1.54, 1.807) is 0 Å². The fourth-order valence-corrected chi connectivity index (χ4v) is 3.73. The maximum Gasteiger partial charge on any atom is 0.122 e. The first-order chi connectivity index (χ1) is 7.04. The van der Waals surface area contributed by atoms with Gasteiger partial charge in [0.25, 0.3) is 0 Å². The predicted octanol–water partition coefficient (Wildman–Crippen LogP) is 3.12. The van der Waals surface area contributed by atoms with Gasteiger partial charge in [-0.15, -0.1) is 0 Å². The van der Waals surface area contributed by atoms with Crippen molar-refractivity contribution in [1.82, 2.24) is 0 Å². The lowest BCUT2D eigenvalue weighted by atomic mass is 9.99. The Morgan fingerprint density at radius 2 is 2.07 bits per heavy atom. The van der Waals surface area contributed by atoms with Gasteiger partial charge >= 0.3 is 0 Å². The van der Waals surface area contributed by atoms with E-state index in [-0.39, 0.29) is 0 Å². The van der Waals surface area contributed by atoms with Crippen molar-refractivity contribution in [1.29, 1.82) is 0 Å². The Labute approximate surface area is 93.5 Å². The third-order valence-electron chi connectivity index (χ3n) is 3.21. The Bertz CT molecular complexity index is 365. The summed E-state index contributed by atoms with van der Waals surface area (Å²) in [7, 11) is -1.26. The Kier molecular flexibility index (Phi) is 2.63. The fourth-order valence-electron chi connectivity index (χ4n) is 2.24. The molecule has 0 spiro atoms. The van der Waals surface area contributed by atoms with Crippen molar-refractivity contribution in [3.63, 3.8) is 0 Å². The lowest BCUT2D eigenvalue weighted by Crippen LogP contribution is -2.38. The molecule has 15 heavy (non-hydrogen) atoms. The van der Waals surface area contributed by atoms with Gasteiger partial charge in [0, 0.05) is 11.5 Å². The summed E-state index contributed by atoms with van der Waals surface area (Å²) < 4.78 is 5.89. The van der Waals surface area contributed by atoms with Crippen molar-refractivity contribution >= 4 is 13.3 Å². The van der Waals surface area contributed by atoms with E-state index in [2.05, 4.69) is 44.8 Å². The van der Waals surface area contributed by atoms with Gasteiger partial charge in [0.2, 0.25) is 0 Å². The van der Waals surface area contributed by atoms with Crippen LogP contribution in [0.2, 0.25) is 19.6 Å². The molecule has 1 nitrogen and oxygen atoms in total. The summed E-state index contributed by atoms with van der Waals surface area (Å²) in [6.45, 7) is 10.3. The summed E-state index contributed by atoms with van der Waals surface area (Å²) in [5.41, 5.74) is 1.44. The minimum atomic E-state index is -1.26. The highest BCUT2D eigenvalue weighted by atomic mass is 28.3. The van der Waals surface area contributed by atoms with Gasteiger partial charge < -0.3 is 4.74 Å². The molecule has 0 saturated carbocycles. The van der Waals surface area contributed by atoms with Crippen LogP contribution in [0.4, 0.5) is 0 Å². The molecule has 0 bridgehead atoms. The Morgan fingerprint density at radius 1 is 1.33 bits per heavy atom. The molecule has 0 aromatic heterocycles. The minimum Gasteiger partial charge on any atom is -0.493 e. The van der Waals surface area contributed by atoms with Crippen molar-refractivity contribution < 1.29 is 4.74 Å². The maximum atomic E-state index is 5.89. The summed E-state index contributed by atoms with van der Waals surface area (Å²) >= 11 is 0. The number of para-hydroxylation sites is 1. The molecule has 0 N–H and O–H groups in total. The van der Waals surface area contributed by atoms with Gasteiger partial charge in [0.05, 0.1) is 14.7 Å². The highest BCUT2D eigenvalue weighted by Gasteiger charge is 2.29. The van der Waals surface area contributed by atoms with E-state index in [9.17, 15) is 0 Å². The first-order valence-electron chi connectivity index (χ1n) is 5.80. The zero-order chi connectivity index (χ0) is 11.1. The number of benzene rings is 1. The second-order valence-electron chi connectivity index (χ2n) is 5.39. The molecule has 1 atom stereocenters. The van der Waals surface area contributed by atoms with Crippen molar-refractivity contribution in [2.24, 2.45) is 0 Å². The third kappa shape index (κ3) is 1.83. The molecule has 1 aliphatic rings. The largest absolute Gasteiger partial charge is 0.493 e. The molecule has 0 aliphatic carbocycles. The summed E-state index contributed by atoms with van der Waals surface area (Å²) in [5, 5.41) is 1.48. The van der Waals surface area contributed by atoms with Crippen LogP contribution in [0.1, 0.15) is 24.8 Å². The zero-order valence-corrected chi connectivity index (χ0v) is 11.1. The fraction of sp³-hybridized carbons (Fsp3) is 0.538. The average molecular weight is 220 g/mol. The highest BCUT2D eigenvalue weighted by Crippen LogP contribution is 2.35. The Hall–Kier alpha value is -0.763. The van der Waals surface area contributed by atoms with Gasteiger partial charge in [0.15, 0.2) is 0 Å². The minimum absolute atomic E-state index is 0.622. The molecule has 82 valence electrons. The zero-order valence-electron chi connectivity index (χ0n) is 10.1. The molecule has 0 unspecified atom stereocenters. The molecule has 0 amide bonds. The van der Waals surface area contributed by atoms with Crippen LogP contribution in [0.25, 0.3) is 0 Å². The monoisotopic (exact) mass is 220 g/mol. The van der Waals surface area contributed by atoms with E-state index in [1.165, 1.54) is 22.9 Å². The van der Waals surface area contributed by atoms with Crippen molar-refractivity contribution in [3.05, 3.63) is 23.8 Å². The number of hydrogen-bond acceptors (Lipinski definition) is 1. The van der Waals surface area contributed by atoms with Gasteiger partial charge in [-0.3, -0.25) is 0 Å². The van der Waals surface area contributed by atoms with Crippen LogP contribution in [0, 0.1) is 0 Å². The van der Waals surface area contributed by atoms with Crippen LogP contribution >= 0.6 is 0 Å². The molecule has 2 heteroatoms. The van der Waals surface area contributed by atoms with E-state index in [4.69, 9.17) is 4.74 Å². The number of fused-ring (bicyclic) bond motifs is 1. The van der Waals surface area contributed by atoms with Crippen LogP contribution in [0.5, 0.6) is 5.75 Å². The van der Waals surface area contributed by atoms with Crippen molar-refractivity contribution in [2.45, 2.75) is 38.9 Å². The molecule has 1 aromatic carbocycles. The van der Waals surface area contributed by atoms with Crippen molar-refractivity contribution in [2.75, 3.05) is 6.61 Å². The van der Waals surface area contributed by atoms with Gasteiger partial charge in [-0.1, -0.05) is 44.8 Å². The first-order valence-corrected chi connectivity index (χ1v) is 9.30. The van der Waals surface area contributed by atoms with Crippen LogP contribution in [0.15, 0.2) is 18.2 Å². The van der Waals surface area contributed by atoms with Crippen LogP contribution in [-0.4, -0.2) is 14.7 Å². The molecular weight excluding hydrogens is 200 g/mol. The lowest BCUT2D eigenvalue weighted by Gasteiger charge is -2.19. The average Bonchev–Trinajstić information content (AvgIpc) is 2.58. The second-order valence-corrected chi connectivity index (χ2v) is 10.4. The van der Waals surface area contributed by atoms with Crippen LogP contribution < -0.4 is 9.92 Å². The summed E-state index contributed by atoms with van der Waals surface area (Å²) in [6.07, 6.45) is 1.18. The number of hydrogen-bond donors (Lipinski definition) is 0. The molecule has 0 fully saturated rings.